The molecular weight excluding hydrogens is 413 g/mol. The number of rotatable bonds is 4. The molecule has 1 aromatic carbocycles. The summed E-state index contributed by atoms with van der Waals surface area (Å²) in [6, 6.07) is 4.20. The summed E-state index contributed by atoms with van der Waals surface area (Å²) in [6.07, 6.45) is 1.30. The lowest BCUT2D eigenvalue weighted by atomic mass is 10.1. The first-order valence-corrected chi connectivity index (χ1v) is 7.11. The van der Waals surface area contributed by atoms with Gasteiger partial charge in [-0.25, -0.2) is 4.98 Å². The molecule has 0 aliphatic heterocycles. The van der Waals surface area contributed by atoms with Crippen molar-refractivity contribution >= 4 is 39.9 Å². The highest BCUT2D eigenvalue weighted by atomic mass is 127. The Kier molecular flexibility index (Phi) is 4.78. The molecule has 0 atom stereocenters. The van der Waals surface area contributed by atoms with E-state index >= 15 is 0 Å². The van der Waals surface area contributed by atoms with Crippen molar-refractivity contribution in [3.05, 3.63) is 59.3 Å². The number of hydrogen-bond acceptors (Lipinski definition) is 5. The van der Waals surface area contributed by atoms with Crippen LogP contribution in [0.5, 0.6) is 5.75 Å². The van der Waals surface area contributed by atoms with Crippen LogP contribution in [0.15, 0.2) is 29.3 Å². The molecule has 0 spiro atoms. The van der Waals surface area contributed by atoms with Crippen LogP contribution in [-0.2, 0) is 6.54 Å². The van der Waals surface area contributed by atoms with E-state index in [0.29, 0.717) is 14.9 Å². The number of nitro groups is 1. The topological polar surface area (TPSA) is 87.3 Å². The van der Waals surface area contributed by atoms with Crippen LogP contribution in [0.3, 0.4) is 0 Å². The Bertz CT molecular complexity index is 763. The van der Waals surface area contributed by atoms with Crippen molar-refractivity contribution in [1.82, 2.24) is 9.55 Å². The molecule has 9 heteroatoms. The minimum Gasteiger partial charge on any atom is -0.496 e. The predicted molar refractivity (Wildman–Crippen MR) is 85.0 cm³/mol. The average molecular weight is 422 g/mol. The quantitative estimate of drug-likeness (QED) is 0.328. The summed E-state index contributed by atoms with van der Waals surface area (Å²) in [7, 11) is 1.46. The van der Waals surface area contributed by atoms with Gasteiger partial charge in [-0.3, -0.25) is 19.5 Å². The maximum atomic E-state index is 12.1. The molecule has 0 aliphatic rings. The van der Waals surface area contributed by atoms with Gasteiger partial charge in [0.15, 0.2) is 0 Å². The molecule has 2 aromatic rings. The van der Waals surface area contributed by atoms with Crippen molar-refractivity contribution in [2.75, 3.05) is 7.11 Å². The van der Waals surface area contributed by atoms with Gasteiger partial charge in [-0.1, -0.05) is 11.6 Å². The Morgan fingerprint density at radius 3 is 2.86 bits per heavy atom. The average Bonchev–Trinajstić information content (AvgIpc) is 2.47. The summed E-state index contributed by atoms with van der Waals surface area (Å²) in [5.74, 6) is 0.456. The third kappa shape index (κ3) is 3.32. The molecule has 0 radical (unpaired) electrons. The van der Waals surface area contributed by atoms with E-state index in [0.717, 1.165) is 0 Å². The monoisotopic (exact) mass is 421 g/mol. The summed E-state index contributed by atoms with van der Waals surface area (Å²) in [4.78, 5) is 26.3. The lowest BCUT2D eigenvalue weighted by Gasteiger charge is -2.10. The lowest BCUT2D eigenvalue weighted by Crippen LogP contribution is -2.24. The molecule has 7 nitrogen and oxygen atoms in total. The smallest absolute Gasteiger partial charge is 0.270 e. The van der Waals surface area contributed by atoms with E-state index in [-0.39, 0.29) is 22.9 Å². The second-order valence-corrected chi connectivity index (χ2v) is 5.47. The third-order valence-corrected chi connectivity index (χ3v) is 4.33. The van der Waals surface area contributed by atoms with Crippen LogP contribution in [0, 0.1) is 13.7 Å². The second-order valence-electron chi connectivity index (χ2n) is 4.04. The van der Waals surface area contributed by atoms with Gasteiger partial charge in [0.05, 0.1) is 24.9 Å². The molecule has 0 unspecified atom stereocenters. The fraction of sp³-hybridized carbons (Fsp3) is 0.167. The second kappa shape index (κ2) is 6.39. The first-order valence-electron chi connectivity index (χ1n) is 5.65. The Balaban J connectivity index is 2.48. The SMILES string of the molecule is COc1ccc([N+](=O)[O-])cc1Cn1cnc(Cl)c(I)c1=O. The first kappa shape index (κ1) is 15.7. The van der Waals surface area contributed by atoms with Crippen molar-refractivity contribution in [2.24, 2.45) is 0 Å². The normalized spacial score (nSPS) is 10.4. The van der Waals surface area contributed by atoms with E-state index in [1.807, 2.05) is 0 Å². The summed E-state index contributed by atoms with van der Waals surface area (Å²) < 4.78 is 6.77. The molecule has 0 bridgehead atoms. The number of nitrogens with zero attached hydrogens (tertiary/aromatic N) is 3. The van der Waals surface area contributed by atoms with Crippen LogP contribution in [0.25, 0.3) is 0 Å². The van der Waals surface area contributed by atoms with E-state index in [2.05, 4.69) is 4.98 Å². The van der Waals surface area contributed by atoms with Gasteiger partial charge in [0.1, 0.15) is 14.5 Å². The van der Waals surface area contributed by atoms with Crippen molar-refractivity contribution in [2.45, 2.75) is 6.54 Å². The summed E-state index contributed by atoms with van der Waals surface area (Å²) in [5, 5.41) is 11.0. The molecule has 21 heavy (non-hydrogen) atoms. The van der Waals surface area contributed by atoms with E-state index in [9.17, 15) is 14.9 Å². The molecule has 1 heterocycles. The van der Waals surface area contributed by atoms with E-state index in [1.54, 1.807) is 22.6 Å². The Labute approximate surface area is 137 Å². The standard InChI is InChI=1S/C12H9ClIN3O4/c1-21-9-3-2-8(17(19)20)4-7(9)5-16-6-15-11(13)10(14)12(16)18/h2-4,6H,5H2,1H3. The summed E-state index contributed by atoms with van der Waals surface area (Å²) in [5.41, 5.74) is 0.119. The molecule has 0 fully saturated rings. The van der Waals surface area contributed by atoms with Gasteiger partial charge in [-0.05, 0) is 28.7 Å². The van der Waals surface area contributed by atoms with Crippen LogP contribution >= 0.6 is 34.2 Å². The van der Waals surface area contributed by atoms with E-state index < -0.39 is 4.92 Å². The van der Waals surface area contributed by atoms with Gasteiger partial charge in [-0.15, -0.1) is 0 Å². The van der Waals surface area contributed by atoms with Crippen molar-refractivity contribution in [3.63, 3.8) is 0 Å². The van der Waals surface area contributed by atoms with Crippen LogP contribution in [0.2, 0.25) is 5.15 Å². The maximum absolute atomic E-state index is 12.1. The van der Waals surface area contributed by atoms with E-state index in [1.165, 1.54) is 36.2 Å². The van der Waals surface area contributed by atoms with Gasteiger partial charge in [0.2, 0.25) is 0 Å². The minimum atomic E-state index is -0.504. The van der Waals surface area contributed by atoms with Crippen LogP contribution in [0.1, 0.15) is 5.56 Å². The van der Waals surface area contributed by atoms with Crippen LogP contribution in [0.4, 0.5) is 5.69 Å². The fourth-order valence-corrected chi connectivity index (χ4v) is 2.32. The highest BCUT2D eigenvalue weighted by molar-refractivity contribution is 14.1. The van der Waals surface area contributed by atoms with Crippen LogP contribution in [-0.4, -0.2) is 21.6 Å². The number of aromatic nitrogens is 2. The Hall–Kier alpha value is -1.68. The van der Waals surface area contributed by atoms with Crippen LogP contribution < -0.4 is 10.3 Å². The third-order valence-electron chi connectivity index (χ3n) is 2.76. The first-order chi connectivity index (χ1) is 9.93. The van der Waals surface area contributed by atoms with E-state index in [4.69, 9.17) is 16.3 Å². The molecule has 0 saturated carbocycles. The number of non-ortho nitro benzene ring substituents is 1. The molecule has 1 aromatic heterocycles. The molecule has 110 valence electrons. The molecule has 0 amide bonds. The zero-order valence-electron chi connectivity index (χ0n) is 10.7. The number of hydrogen-bond donors (Lipinski definition) is 0. The number of ether oxygens (including phenoxy) is 1. The number of benzene rings is 1. The molecule has 2 rings (SSSR count). The fourth-order valence-electron chi connectivity index (χ4n) is 1.74. The number of methoxy groups -OCH3 is 1. The zero-order valence-corrected chi connectivity index (χ0v) is 13.7. The Morgan fingerprint density at radius 1 is 1.52 bits per heavy atom. The van der Waals surface area contributed by atoms with Gasteiger partial charge in [-0.2, -0.15) is 0 Å². The van der Waals surface area contributed by atoms with Gasteiger partial charge in [0, 0.05) is 17.7 Å². The number of halogens is 2. The molecule has 0 aliphatic carbocycles. The lowest BCUT2D eigenvalue weighted by molar-refractivity contribution is -0.384. The van der Waals surface area contributed by atoms with Crippen molar-refractivity contribution < 1.29 is 9.66 Å². The predicted octanol–water partition coefficient (Wildman–Crippen LogP) is 2.47. The summed E-state index contributed by atoms with van der Waals surface area (Å²) >= 11 is 7.57. The molecule has 0 saturated heterocycles. The van der Waals surface area contributed by atoms with Gasteiger partial charge >= 0.3 is 0 Å². The van der Waals surface area contributed by atoms with Crippen molar-refractivity contribution in [1.29, 1.82) is 0 Å². The highest BCUT2D eigenvalue weighted by Gasteiger charge is 2.14. The maximum Gasteiger partial charge on any atom is 0.270 e. The number of nitro benzene ring substituents is 1. The summed E-state index contributed by atoms with van der Waals surface area (Å²) in [6.45, 7) is 0.101. The zero-order chi connectivity index (χ0) is 15.6. The largest absolute Gasteiger partial charge is 0.496 e. The minimum absolute atomic E-state index is 0.0736. The van der Waals surface area contributed by atoms with Gasteiger partial charge in [0.25, 0.3) is 11.2 Å². The Morgan fingerprint density at radius 2 is 2.24 bits per heavy atom. The highest BCUT2D eigenvalue weighted by Crippen LogP contribution is 2.24. The van der Waals surface area contributed by atoms with Gasteiger partial charge < -0.3 is 4.74 Å². The molecule has 0 N–H and O–H groups in total. The van der Waals surface area contributed by atoms with Crippen molar-refractivity contribution in [3.8, 4) is 5.75 Å². The molecular formula is C12H9ClIN3O4.